The molecule has 210 valence electrons. The van der Waals surface area contributed by atoms with Gasteiger partial charge in [0.2, 0.25) is 0 Å². The fourth-order valence-electron chi connectivity index (χ4n) is 6.51. The van der Waals surface area contributed by atoms with E-state index in [0.717, 1.165) is 65.5 Å². The Morgan fingerprint density at radius 2 is 0.911 bits per heavy atom. The van der Waals surface area contributed by atoms with Gasteiger partial charge in [-0.2, -0.15) is 0 Å². The standard InChI is InChI=1S/C40H24N4O/c45-37-32(21-17-26-12-7-23-41-36(26)37)29-18-13-24-15-20-31-33(22-16-25-14-19-30(29)34(24)35(25)31)40-43-38(27-8-3-1-4-9-27)42-39(44-40)28-10-5-2-6-11-28/h1-23,45H. The minimum atomic E-state index is 0.191. The van der Waals surface area contributed by atoms with Gasteiger partial charge in [0, 0.05) is 33.8 Å². The maximum absolute atomic E-state index is 11.3. The second-order valence-electron chi connectivity index (χ2n) is 11.2. The monoisotopic (exact) mass is 576 g/mol. The van der Waals surface area contributed by atoms with E-state index in [1.807, 2.05) is 84.9 Å². The molecular formula is C40H24N4O. The number of aromatic nitrogens is 4. The normalized spacial score (nSPS) is 11.6. The number of aromatic hydroxyl groups is 1. The highest BCUT2D eigenvalue weighted by Gasteiger charge is 2.19. The predicted octanol–water partition coefficient (Wildman–Crippen LogP) is 9.69. The summed E-state index contributed by atoms with van der Waals surface area (Å²) in [6, 6.07) is 45.1. The number of benzene rings is 7. The summed E-state index contributed by atoms with van der Waals surface area (Å²) in [5, 5.41) is 18.9. The van der Waals surface area contributed by atoms with E-state index in [1.165, 1.54) is 0 Å². The van der Waals surface area contributed by atoms with Crippen LogP contribution in [0, 0.1) is 0 Å². The van der Waals surface area contributed by atoms with Crippen LogP contribution < -0.4 is 0 Å². The maximum Gasteiger partial charge on any atom is 0.164 e. The first kappa shape index (κ1) is 25.3. The van der Waals surface area contributed by atoms with Crippen LogP contribution in [0.2, 0.25) is 0 Å². The van der Waals surface area contributed by atoms with Crippen molar-refractivity contribution in [3.8, 4) is 51.0 Å². The zero-order valence-corrected chi connectivity index (χ0v) is 24.0. The molecule has 0 fully saturated rings. The first-order valence-corrected chi connectivity index (χ1v) is 14.9. The molecule has 0 saturated heterocycles. The van der Waals surface area contributed by atoms with Crippen molar-refractivity contribution < 1.29 is 5.11 Å². The third-order valence-corrected chi connectivity index (χ3v) is 8.64. The number of hydrogen-bond acceptors (Lipinski definition) is 5. The van der Waals surface area contributed by atoms with Crippen LogP contribution in [-0.4, -0.2) is 25.0 Å². The molecule has 1 N–H and O–H groups in total. The Balaban J connectivity index is 1.31. The summed E-state index contributed by atoms with van der Waals surface area (Å²) >= 11 is 0. The summed E-state index contributed by atoms with van der Waals surface area (Å²) in [5.41, 5.74) is 5.14. The van der Waals surface area contributed by atoms with Gasteiger partial charge in [-0.3, -0.25) is 4.98 Å². The molecule has 5 heteroatoms. The number of phenols is 1. The molecule has 0 radical (unpaired) electrons. The lowest BCUT2D eigenvalue weighted by molar-refractivity contribution is 0.482. The predicted molar refractivity (Wildman–Crippen MR) is 182 cm³/mol. The Morgan fingerprint density at radius 3 is 1.56 bits per heavy atom. The Hall–Kier alpha value is -6.20. The van der Waals surface area contributed by atoms with Crippen LogP contribution in [0.25, 0.3) is 88.5 Å². The molecule has 9 rings (SSSR count). The second kappa shape index (κ2) is 9.93. The van der Waals surface area contributed by atoms with E-state index in [1.54, 1.807) is 6.20 Å². The van der Waals surface area contributed by atoms with Gasteiger partial charge < -0.3 is 5.11 Å². The smallest absolute Gasteiger partial charge is 0.164 e. The average molecular weight is 577 g/mol. The Morgan fingerprint density at radius 1 is 0.400 bits per heavy atom. The van der Waals surface area contributed by atoms with E-state index in [2.05, 4.69) is 53.5 Å². The van der Waals surface area contributed by atoms with Crippen molar-refractivity contribution in [3.05, 3.63) is 140 Å². The minimum Gasteiger partial charge on any atom is -0.505 e. The van der Waals surface area contributed by atoms with Crippen LogP contribution in [-0.2, 0) is 0 Å². The highest BCUT2D eigenvalue weighted by Crippen LogP contribution is 2.44. The Labute approximate surface area is 258 Å². The molecular weight excluding hydrogens is 552 g/mol. The molecule has 0 unspecified atom stereocenters. The summed E-state index contributed by atoms with van der Waals surface area (Å²) < 4.78 is 0. The van der Waals surface area contributed by atoms with Gasteiger partial charge in [0.1, 0.15) is 11.3 Å². The topological polar surface area (TPSA) is 71.8 Å². The van der Waals surface area contributed by atoms with E-state index in [-0.39, 0.29) is 5.75 Å². The first-order chi connectivity index (χ1) is 22.2. The molecule has 0 spiro atoms. The summed E-state index contributed by atoms with van der Waals surface area (Å²) in [6.45, 7) is 0. The molecule has 0 atom stereocenters. The van der Waals surface area contributed by atoms with Crippen LogP contribution in [0.4, 0.5) is 0 Å². The molecule has 2 heterocycles. The van der Waals surface area contributed by atoms with Gasteiger partial charge in [0.25, 0.3) is 0 Å². The number of phenolic OH excluding ortho intramolecular Hbond substituents is 1. The van der Waals surface area contributed by atoms with Crippen molar-refractivity contribution in [1.82, 2.24) is 19.9 Å². The second-order valence-corrected chi connectivity index (χ2v) is 11.2. The molecule has 0 aliphatic heterocycles. The van der Waals surface area contributed by atoms with Crippen molar-refractivity contribution >= 4 is 43.2 Å². The van der Waals surface area contributed by atoms with Crippen molar-refractivity contribution in [1.29, 1.82) is 0 Å². The summed E-state index contributed by atoms with van der Waals surface area (Å²) in [4.78, 5) is 19.4. The zero-order valence-electron chi connectivity index (χ0n) is 24.0. The van der Waals surface area contributed by atoms with E-state index in [4.69, 9.17) is 15.0 Å². The number of nitrogens with zero attached hydrogens (tertiary/aromatic N) is 4. The zero-order chi connectivity index (χ0) is 29.9. The Kier molecular flexibility index (Phi) is 5.59. The minimum absolute atomic E-state index is 0.191. The molecule has 0 amide bonds. The molecule has 7 aromatic carbocycles. The van der Waals surface area contributed by atoms with Gasteiger partial charge in [-0.1, -0.05) is 115 Å². The highest BCUT2D eigenvalue weighted by atomic mass is 16.3. The van der Waals surface area contributed by atoms with Crippen molar-refractivity contribution in [2.24, 2.45) is 0 Å². The molecule has 2 aromatic heterocycles. The van der Waals surface area contributed by atoms with Gasteiger partial charge >= 0.3 is 0 Å². The number of fused-ring (bicyclic) bond motifs is 1. The summed E-state index contributed by atoms with van der Waals surface area (Å²) in [6.07, 6.45) is 1.71. The maximum atomic E-state index is 11.3. The fourth-order valence-corrected chi connectivity index (χ4v) is 6.51. The van der Waals surface area contributed by atoms with E-state index < -0.39 is 0 Å². The van der Waals surface area contributed by atoms with Crippen LogP contribution in [0.5, 0.6) is 5.75 Å². The molecule has 0 aliphatic rings. The SMILES string of the molecule is Oc1c(-c2ccc3ccc4c(-c5nc(-c6ccccc6)nc(-c6ccccc6)n5)ccc5ccc2c3c54)ccc2cccnc12. The lowest BCUT2D eigenvalue weighted by Gasteiger charge is -2.17. The van der Waals surface area contributed by atoms with Crippen LogP contribution in [0.15, 0.2) is 140 Å². The number of pyridine rings is 1. The first-order valence-electron chi connectivity index (χ1n) is 14.9. The average Bonchev–Trinajstić information content (AvgIpc) is 3.11. The van der Waals surface area contributed by atoms with E-state index >= 15 is 0 Å². The van der Waals surface area contributed by atoms with Crippen molar-refractivity contribution in [3.63, 3.8) is 0 Å². The van der Waals surface area contributed by atoms with Gasteiger partial charge in [-0.25, -0.2) is 15.0 Å². The highest BCUT2D eigenvalue weighted by molar-refractivity contribution is 6.27. The lowest BCUT2D eigenvalue weighted by Crippen LogP contribution is -2.00. The third-order valence-electron chi connectivity index (χ3n) is 8.64. The van der Waals surface area contributed by atoms with Crippen LogP contribution in [0.1, 0.15) is 0 Å². The fraction of sp³-hybridized carbons (Fsp3) is 0. The van der Waals surface area contributed by atoms with E-state index in [9.17, 15) is 5.11 Å². The third kappa shape index (κ3) is 4.02. The number of hydrogen-bond donors (Lipinski definition) is 1. The van der Waals surface area contributed by atoms with Crippen LogP contribution in [0.3, 0.4) is 0 Å². The molecule has 5 nitrogen and oxygen atoms in total. The van der Waals surface area contributed by atoms with Crippen molar-refractivity contribution in [2.75, 3.05) is 0 Å². The number of rotatable bonds is 4. The Bertz CT molecular complexity index is 2490. The van der Waals surface area contributed by atoms with Gasteiger partial charge in [0.05, 0.1) is 0 Å². The molecule has 45 heavy (non-hydrogen) atoms. The largest absolute Gasteiger partial charge is 0.505 e. The van der Waals surface area contributed by atoms with Gasteiger partial charge in [-0.05, 0) is 56.1 Å². The molecule has 0 aliphatic carbocycles. The molecule has 0 saturated carbocycles. The lowest BCUT2D eigenvalue weighted by atomic mass is 9.88. The van der Waals surface area contributed by atoms with E-state index in [0.29, 0.717) is 23.0 Å². The summed E-state index contributed by atoms with van der Waals surface area (Å²) in [7, 11) is 0. The summed E-state index contributed by atoms with van der Waals surface area (Å²) in [5.74, 6) is 2.08. The molecule has 9 aromatic rings. The molecule has 0 bridgehead atoms. The van der Waals surface area contributed by atoms with Gasteiger partial charge in [-0.15, -0.1) is 0 Å². The van der Waals surface area contributed by atoms with Crippen LogP contribution >= 0.6 is 0 Å². The van der Waals surface area contributed by atoms with Gasteiger partial charge in [0.15, 0.2) is 17.5 Å². The quantitative estimate of drug-likeness (QED) is 0.211. The van der Waals surface area contributed by atoms with Crippen molar-refractivity contribution in [2.45, 2.75) is 0 Å².